The van der Waals surface area contributed by atoms with E-state index in [1.165, 1.54) is 12.8 Å². The van der Waals surface area contributed by atoms with E-state index in [1.807, 2.05) is 25.8 Å². The lowest BCUT2D eigenvalue weighted by Crippen LogP contribution is -2.46. The summed E-state index contributed by atoms with van der Waals surface area (Å²) in [4.78, 5) is 15.0. The molecule has 1 aromatic carbocycles. The van der Waals surface area contributed by atoms with Gasteiger partial charge in [0, 0.05) is 24.5 Å². The maximum absolute atomic E-state index is 13.0. The highest BCUT2D eigenvalue weighted by Gasteiger charge is 2.59. The van der Waals surface area contributed by atoms with Gasteiger partial charge in [-0.15, -0.1) is 0 Å². The topological polar surface area (TPSA) is 49.8 Å². The molecular weight excluding hydrogens is 433 g/mol. The smallest absolute Gasteiger partial charge is 0.222 e. The molecule has 5 atom stereocenters. The van der Waals surface area contributed by atoms with Gasteiger partial charge < -0.3 is 14.7 Å². The van der Waals surface area contributed by atoms with Gasteiger partial charge >= 0.3 is 0 Å². The number of nitrogens with zero attached hydrogens (tertiary/aromatic N) is 1. The average molecular weight is 468 g/mol. The zero-order valence-electron chi connectivity index (χ0n) is 18.9. The number of carbonyl (C=O) groups is 1. The summed E-state index contributed by atoms with van der Waals surface area (Å²) in [6.45, 7) is 4.43. The van der Waals surface area contributed by atoms with Crippen molar-refractivity contribution in [1.29, 1.82) is 0 Å². The molecule has 4 rings (SSSR count). The van der Waals surface area contributed by atoms with Crippen LogP contribution in [0.4, 0.5) is 0 Å². The summed E-state index contributed by atoms with van der Waals surface area (Å²) < 4.78 is 5.74. The summed E-state index contributed by atoms with van der Waals surface area (Å²) in [7, 11) is 1.98. The Hall–Kier alpha value is -0.970. The molecule has 1 amide bonds. The van der Waals surface area contributed by atoms with Gasteiger partial charge in [0.2, 0.25) is 5.91 Å². The van der Waals surface area contributed by atoms with Gasteiger partial charge in [-0.3, -0.25) is 4.79 Å². The van der Waals surface area contributed by atoms with Crippen LogP contribution >= 0.6 is 23.2 Å². The molecule has 1 N–H and O–H groups in total. The number of amides is 1. The van der Waals surface area contributed by atoms with Crippen LogP contribution in [0.1, 0.15) is 65.2 Å². The number of fused-ring (bicyclic) bond motifs is 2. The Kier molecular flexibility index (Phi) is 6.55. The lowest BCUT2D eigenvalue weighted by molar-refractivity contribution is -0.134. The number of halogens is 2. The van der Waals surface area contributed by atoms with Gasteiger partial charge in [0.25, 0.3) is 0 Å². The first-order valence-corrected chi connectivity index (χ1v) is 12.4. The third kappa shape index (κ3) is 4.58. The molecule has 0 saturated heterocycles. The van der Waals surface area contributed by atoms with E-state index >= 15 is 0 Å². The Bertz CT molecular complexity index is 823. The van der Waals surface area contributed by atoms with E-state index in [0.717, 1.165) is 25.7 Å². The summed E-state index contributed by atoms with van der Waals surface area (Å²) in [5, 5.41) is 12.0. The Labute approximate surface area is 196 Å². The number of carbonyl (C=O) groups excluding carboxylic acids is 1. The van der Waals surface area contributed by atoms with Crippen molar-refractivity contribution < 1.29 is 14.6 Å². The molecule has 1 aromatic rings. The first kappa shape index (κ1) is 23.2. The van der Waals surface area contributed by atoms with Gasteiger partial charge in [-0.25, -0.2) is 0 Å². The fourth-order valence-corrected chi connectivity index (χ4v) is 7.19. The molecule has 3 fully saturated rings. The molecule has 3 saturated carbocycles. The quantitative estimate of drug-likeness (QED) is 0.502. The number of rotatable bonds is 7. The molecule has 3 aliphatic rings. The number of hydrogen-bond donors (Lipinski definition) is 1. The van der Waals surface area contributed by atoms with Crippen molar-refractivity contribution in [1.82, 2.24) is 4.90 Å². The highest BCUT2D eigenvalue weighted by atomic mass is 35.5. The Morgan fingerprint density at radius 2 is 2.03 bits per heavy atom. The zero-order chi connectivity index (χ0) is 22.4. The molecule has 0 aromatic heterocycles. The van der Waals surface area contributed by atoms with E-state index in [1.54, 1.807) is 18.2 Å². The van der Waals surface area contributed by atoms with Crippen LogP contribution in [0, 0.1) is 23.2 Å². The van der Waals surface area contributed by atoms with Crippen LogP contribution in [-0.2, 0) is 4.79 Å². The molecule has 0 aliphatic heterocycles. The Balaban J connectivity index is 1.34. The number of hydrogen-bond acceptors (Lipinski definition) is 3. The Morgan fingerprint density at radius 1 is 1.26 bits per heavy atom. The van der Waals surface area contributed by atoms with E-state index in [2.05, 4.69) is 0 Å². The predicted molar refractivity (Wildman–Crippen MR) is 125 cm³/mol. The van der Waals surface area contributed by atoms with E-state index in [9.17, 15) is 9.90 Å². The number of aliphatic hydroxyl groups is 1. The van der Waals surface area contributed by atoms with Gasteiger partial charge in [-0.1, -0.05) is 23.2 Å². The van der Waals surface area contributed by atoms with Gasteiger partial charge in [0.15, 0.2) is 0 Å². The zero-order valence-corrected chi connectivity index (χ0v) is 20.4. The fourth-order valence-electron chi connectivity index (χ4n) is 6.72. The number of ether oxygens (including phenoxy) is 1. The summed E-state index contributed by atoms with van der Waals surface area (Å²) >= 11 is 12.1. The van der Waals surface area contributed by atoms with Gasteiger partial charge in [0.05, 0.1) is 17.2 Å². The van der Waals surface area contributed by atoms with Crippen molar-refractivity contribution in [3.8, 4) is 5.75 Å². The van der Waals surface area contributed by atoms with Gasteiger partial charge in [-0.2, -0.15) is 0 Å². The van der Waals surface area contributed by atoms with E-state index in [-0.39, 0.29) is 11.3 Å². The third-order valence-corrected chi connectivity index (χ3v) is 8.97. The highest BCUT2D eigenvalue weighted by Crippen LogP contribution is 2.64. The van der Waals surface area contributed by atoms with Crippen molar-refractivity contribution in [2.24, 2.45) is 23.2 Å². The fraction of sp³-hybridized carbons (Fsp3) is 0.720. The highest BCUT2D eigenvalue weighted by molar-refractivity contribution is 6.35. The number of benzene rings is 1. The van der Waals surface area contributed by atoms with E-state index in [4.69, 9.17) is 27.9 Å². The summed E-state index contributed by atoms with van der Waals surface area (Å²) in [6, 6.07) is 5.45. The molecule has 0 heterocycles. The van der Waals surface area contributed by atoms with Crippen LogP contribution in [0.5, 0.6) is 5.75 Å². The standard InChI is InChI=1S/C25H35Cl2NO3/c1-24(2,30)25-13-16-6-8-21(19(15-25)17(11-16)14-25)28(3)23(29)5-4-10-31-22-9-7-18(26)12-20(22)27/h7,9,12,16-17,19,21,30H,4-6,8,10-11,13-15H2,1-3H3. The second-order valence-corrected chi connectivity index (χ2v) is 11.5. The van der Waals surface area contributed by atoms with E-state index in [0.29, 0.717) is 59.0 Å². The minimum absolute atomic E-state index is 0.0273. The van der Waals surface area contributed by atoms with Crippen molar-refractivity contribution in [3.63, 3.8) is 0 Å². The molecule has 5 unspecified atom stereocenters. The maximum Gasteiger partial charge on any atom is 0.222 e. The van der Waals surface area contributed by atoms with Crippen molar-refractivity contribution in [3.05, 3.63) is 28.2 Å². The molecule has 4 nitrogen and oxygen atoms in total. The van der Waals surface area contributed by atoms with Crippen molar-refractivity contribution in [2.45, 2.75) is 76.9 Å². The summed E-state index contributed by atoms with van der Waals surface area (Å²) in [5.74, 6) is 2.64. The molecule has 172 valence electrons. The van der Waals surface area contributed by atoms with E-state index < -0.39 is 5.60 Å². The molecule has 6 heteroatoms. The van der Waals surface area contributed by atoms with Crippen molar-refractivity contribution >= 4 is 29.1 Å². The van der Waals surface area contributed by atoms with Crippen LogP contribution < -0.4 is 4.74 Å². The monoisotopic (exact) mass is 467 g/mol. The molecule has 3 aliphatic carbocycles. The third-order valence-electron chi connectivity index (χ3n) is 8.44. The predicted octanol–water partition coefficient (Wildman–Crippen LogP) is 5.97. The van der Waals surface area contributed by atoms with Crippen LogP contribution in [-0.4, -0.2) is 41.2 Å². The normalized spacial score (nSPS) is 32.1. The molecule has 3 bridgehead atoms. The first-order valence-electron chi connectivity index (χ1n) is 11.7. The lowest BCUT2D eigenvalue weighted by Gasteiger charge is -2.46. The average Bonchev–Trinajstić information content (AvgIpc) is 2.90. The minimum atomic E-state index is -0.649. The van der Waals surface area contributed by atoms with Crippen LogP contribution in [0.3, 0.4) is 0 Å². The lowest BCUT2D eigenvalue weighted by atomic mass is 9.62. The largest absolute Gasteiger partial charge is 0.492 e. The second-order valence-electron chi connectivity index (χ2n) is 10.7. The maximum atomic E-state index is 13.0. The molecular formula is C25H35Cl2NO3. The van der Waals surface area contributed by atoms with Crippen LogP contribution in [0.2, 0.25) is 10.0 Å². The Morgan fingerprint density at radius 3 is 2.74 bits per heavy atom. The summed E-state index contributed by atoms with van der Waals surface area (Å²) in [5.41, 5.74) is -0.622. The van der Waals surface area contributed by atoms with Gasteiger partial charge in [-0.05, 0) is 100 Å². The summed E-state index contributed by atoms with van der Waals surface area (Å²) in [6.07, 6.45) is 7.98. The first-order chi connectivity index (χ1) is 14.6. The SMILES string of the molecule is CN(C(=O)CCCOc1ccc(Cl)cc1Cl)C1CCC2CC3CC(C(C)(C)O)(C2)CC31. The van der Waals surface area contributed by atoms with Crippen molar-refractivity contribution in [2.75, 3.05) is 13.7 Å². The minimum Gasteiger partial charge on any atom is -0.492 e. The van der Waals surface area contributed by atoms with Crippen LogP contribution in [0.15, 0.2) is 18.2 Å². The molecule has 0 spiro atoms. The van der Waals surface area contributed by atoms with Gasteiger partial charge in [0.1, 0.15) is 5.75 Å². The molecule has 0 radical (unpaired) electrons. The molecule has 31 heavy (non-hydrogen) atoms. The second kappa shape index (κ2) is 8.76. The van der Waals surface area contributed by atoms with Crippen LogP contribution in [0.25, 0.3) is 0 Å².